The van der Waals surface area contributed by atoms with E-state index in [2.05, 4.69) is 0 Å². The lowest BCUT2D eigenvalue weighted by Crippen LogP contribution is -2.11. The Hall–Kier alpha value is 0.297. The van der Waals surface area contributed by atoms with Gasteiger partial charge in [0.2, 0.25) is 0 Å². The fraction of sp³-hybridized carbons (Fsp3) is 1.00. The molecule has 0 fully saturated rings. The second-order valence-electron chi connectivity index (χ2n) is 1.68. The molecule has 0 spiro atoms. The molecule has 1 atom stereocenters. The summed E-state index contributed by atoms with van der Waals surface area (Å²) in [7, 11) is -0.762. The van der Waals surface area contributed by atoms with Crippen molar-refractivity contribution in [2.45, 2.75) is 25.1 Å². The van der Waals surface area contributed by atoms with Crippen LogP contribution in [0.2, 0.25) is 6.04 Å². The summed E-state index contributed by atoms with van der Waals surface area (Å²) < 4.78 is 34.6. The van der Waals surface area contributed by atoms with Gasteiger partial charge in [-0.1, -0.05) is 0 Å². The number of halogens is 4. The van der Waals surface area contributed by atoms with Gasteiger partial charge >= 0.3 is 0 Å². The lowest BCUT2D eigenvalue weighted by atomic mass is 10.3. The van der Waals surface area contributed by atoms with E-state index >= 15 is 0 Å². The molecule has 9 heavy (non-hydrogen) atoms. The molecule has 0 aromatic heterocycles. The molecule has 0 rings (SSSR count). The van der Waals surface area contributed by atoms with Crippen molar-refractivity contribution in [3.63, 3.8) is 0 Å². The van der Waals surface area contributed by atoms with E-state index in [4.69, 9.17) is 11.1 Å². The van der Waals surface area contributed by atoms with Crippen molar-refractivity contribution in [1.29, 1.82) is 0 Å². The van der Waals surface area contributed by atoms with Crippen molar-refractivity contribution < 1.29 is 13.2 Å². The van der Waals surface area contributed by atoms with Crippen LogP contribution in [0.25, 0.3) is 0 Å². The van der Waals surface area contributed by atoms with Gasteiger partial charge in [0, 0.05) is 0 Å². The van der Waals surface area contributed by atoms with Crippen LogP contribution in [0.1, 0.15) is 6.42 Å². The summed E-state index contributed by atoms with van der Waals surface area (Å²) in [5.41, 5.74) is 0. The van der Waals surface area contributed by atoms with Gasteiger partial charge in [0.25, 0.3) is 6.43 Å². The van der Waals surface area contributed by atoms with Crippen molar-refractivity contribution in [3.8, 4) is 0 Å². The van der Waals surface area contributed by atoms with E-state index in [0.29, 0.717) is 6.04 Å². The van der Waals surface area contributed by atoms with Gasteiger partial charge in [0.1, 0.15) is 8.83 Å². The van der Waals surface area contributed by atoms with Crippen molar-refractivity contribution in [3.05, 3.63) is 0 Å². The monoisotopic (exact) mass is 176 g/mol. The quantitative estimate of drug-likeness (QED) is 0.452. The Kier molecular flexibility index (Phi) is 5.28. The third-order valence-corrected chi connectivity index (χ3v) is 2.36. The first-order valence-corrected chi connectivity index (χ1v) is 5.80. The minimum atomic E-state index is -2.83. The summed E-state index contributed by atoms with van der Waals surface area (Å²) in [4.78, 5) is 0. The van der Waals surface area contributed by atoms with Gasteiger partial charge < -0.3 is 0 Å². The normalized spacial score (nSPS) is 15.7. The summed E-state index contributed by atoms with van der Waals surface area (Å²) in [6, 6.07) is 0.451. The smallest absolute Gasteiger partial charge is 0.241 e. The summed E-state index contributed by atoms with van der Waals surface area (Å²) in [6.07, 6.45) is -4.87. The average molecular weight is 177 g/mol. The summed E-state index contributed by atoms with van der Waals surface area (Å²) >= 11 is 5.28. The molecule has 0 bridgehead atoms. The molecule has 5 heteroatoms. The zero-order valence-corrected chi connectivity index (χ0v) is 6.96. The van der Waals surface area contributed by atoms with Gasteiger partial charge in [-0.05, 0) is 12.5 Å². The van der Waals surface area contributed by atoms with Crippen LogP contribution in [0.4, 0.5) is 13.2 Å². The van der Waals surface area contributed by atoms with Crippen LogP contribution in [0.3, 0.4) is 0 Å². The van der Waals surface area contributed by atoms with Crippen molar-refractivity contribution in [1.82, 2.24) is 0 Å². The number of hydrogen-bond donors (Lipinski definition) is 0. The van der Waals surface area contributed by atoms with E-state index < -0.39 is 21.4 Å². The highest BCUT2D eigenvalue weighted by molar-refractivity contribution is 6.93. The van der Waals surface area contributed by atoms with E-state index in [1.807, 2.05) is 0 Å². The Labute approximate surface area is 58.9 Å². The van der Waals surface area contributed by atoms with Crippen molar-refractivity contribution in [2.75, 3.05) is 0 Å². The zero-order chi connectivity index (χ0) is 7.28. The SMILES string of the molecule is FC(F)C(F)CC[SiH2]Cl. The van der Waals surface area contributed by atoms with E-state index in [9.17, 15) is 13.2 Å². The molecule has 1 unspecified atom stereocenters. The summed E-state index contributed by atoms with van der Waals surface area (Å²) in [5.74, 6) is 0. The lowest BCUT2D eigenvalue weighted by molar-refractivity contribution is 0.0482. The predicted octanol–water partition coefficient (Wildman–Crippen LogP) is 1.72. The number of alkyl halides is 3. The average Bonchev–Trinajstić information content (AvgIpc) is 1.82. The predicted molar refractivity (Wildman–Crippen MR) is 34.7 cm³/mol. The molecule has 0 aliphatic heterocycles. The molecule has 0 aromatic carbocycles. The number of hydrogen-bond acceptors (Lipinski definition) is 0. The maximum atomic E-state index is 11.9. The Morgan fingerprint density at radius 2 is 1.89 bits per heavy atom. The van der Waals surface area contributed by atoms with Gasteiger partial charge in [0.15, 0.2) is 6.17 Å². The van der Waals surface area contributed by atoms with Crippen molar-refractivity contribution >= 4 is 19.9 Å². The molecule has 0 aromatic rings. The minimum absolute atomic E-state index is 0.0760. The first-order chi connectivity index (χ1) is 4.18. The first-order valence-electron chi connectivity index (χ1n) is 2.66. The Morgan fingerprint density at radius 1 is 1.33 bits per heavy atom. The van der Waals surface area contributed by atoms with Gasteiger partial charge in [0.05, 0.1) is 0 Å². The first kappa shape index (κ1) is 9.30. The van der Waals surface area contributed by atoms with Crippen LogP contribution >= 0.6 is 11.1 Å². The van der Waals surface area contributed by atoms with E-state index in [0.717, 1.165) is 0 Å². The molecule has 0 aliphatic carbocycles. The molecular formula is C4H8ClF3Si. The summed E-state index contributed by atoms with van der Waals surface area (Å²) in [5, 5.41) is 0. The largest absolute Gasteiger partial charge is 0.269 e. The van der Waals surface area contributed by atoms with Crippen LogP contribution in [-0.4, -0.2) is 21.4 Å². The molecule has 0 nitrogen and oxygen atoms in total. The molecule has 0 saturated heterocycles. The highest BCUT2D eigenvalue weighted by Crippen LogP contribution is 2.11. The molecule has 0 radical (unpaired) electrons. The van der Waals surface area contributed by atoms with Gasteiger partial charge in [-0.15, -0.1) is 0 Å². The van der Waals surface area contributed by atoms with Gasteiger partial charge in [-0.3, -0.25) is 0 Å². The van der Waals surface area contributed by atoms with Crippen LogP contribution in [0.15, 0.2) is 0 Å². The maximum Gasteiger partial charge on any atom is 0.269 e. The Balaban J connectivity index is 3.16. The minimum Gasteiger partial charge on any atom is -0.241 e. The molecule has 0 N–H and O–H groups in total. The topological polar surface area (TPSA) is 0 Å². The molecular weight excluding hydrogens is 169 g/mol. The lowest BCUT2D eigenvalue weighted by Gasteiger charge is -2.02. The fourth-order valence-corrected chi connectivity index (χ4v) is 1.41. The Morgan fingerprint density at radius 3 is 2.22 bits per heavy atom. The zero-order valence-electron chi connectivity index (χ0n) is 4.79. The highest BCUT2D eigenvalue weighted by atomic mass is 35.6. The third-order valence-electron chi connectivity index (χ3n) is 0.887. The van der Waals surface area contributed by atoms with Crippen LogP contribution in [0.5, 0.6) is 0 Å². The molecule has 0 saturated carbocycles. The maximum absolute atomic E-state index is 11.9. The Bertz CT molecular complexity index is 70.8. The number of rotatable bonds is 4. The molecule has 56 valence electrons. The molecule has 0 amide bonds. The van der Waals surface area contributed by atoms with E-state index in [-0.39, 0.29) is 6.42 Å². The summed E-state index contributed by atoms with van der Waals surface area (Å²) in [6.45, 7) is 0. The highest BCUT2D eigenvalue weighted by Gasteiger charge is 2.17. The van der Waals surface area contributed by atoms with Crippen LogP contribution in [-0.2, 0) is 0 Å². The standard InChI is InChI=1S/C4H8ClF3Si/c5-9-2-1-3(6)4(7)8/h3-4H,1-2,9H2. The van der Waals surface area contributed by atoms with Gasteiger partial charge in [-0.2, -0.15) is 11.1 Å². The second kappa shape index (κ2) is 5.11. The van der Waals surface area contributed by atoms with Gasteiger partial charge in [-0.25, -0.2) is 13.2 Å². The van der Waals surface area contributed by atoms with Crippen LogP contribution < -0.4 is 0 Å². The van der Waals surface area contributed by atoms with E-state index in [1.54, 1.807) is 0 Å². The van der Waals surface area contributed by atoms with E-state index in [1.165, 1.54) is 0 Å². The molecule has 0 aliphatic rings. The van der Waals surface area contributed by atoms with Crippen molar-refractivity contribution in [2.24, 2.45) is 0 Å². The second-order valence-corrected chi connectivity index (χ2v) is 3.90. The molecule has 0 heterocycles. The fourth-order valence-electron chi connectivity index (χ4n) is 0.398. The van der Waals surface area contributed by atoms with Crippen LogP contribution in [0, 0.1) is 0 Å². The third kappa shape index (κ3) is 4.78.